The highest BCUT2D eigenvalue weighted by molar-refractivity contribution is 7.67. The summed E-state index contributed by atoms with van der Waals surface area (Å²) in [6, 6.07) is 4.76. The Morgan fingerprint density at radius 3 is 2.43 bits per heavy atom. The molecule has 7 heteroatoms. The molecule has 0 aromatic heterocycles. The Kier molecular flexibility index (Phi) is 4.15. The van der Waals surface area contributed by atoms with Gasteiger partial charge in [-0.1, -0.05) is 37.4 Å². The number of imide groups is 1. The van der Waals surface area contributed by atoms with E-state index in [9.17, 15) is 18.0 Å². The summed E-state index contributed by atoms with van der Waals surface area (Å²) in [5, 5.41) is 0.218. The first-order chi connectivity index (χ1) is 10.0. The van der Waals surface area contributed by atoms with E-state index in [0.717, 1.165) is 0 Å². The van der Waals surface area contributed by atoms with E-state index in [1.54, 1.807) is 12.1 Å². The van der Waals surface area contributed by atoms with Crippen molar-refractivity contribution in [1.29, 1.82) is 0 Å². The number of benzene rings is 1. The van der Waals surface area contributed by atoms with Gasteiger partial charge in [0.2, 0.25) is 0 Å². The number of hydrogen-bond donors (Lipinski definition) is 1. The molecule has 0 saturated heterocycles. The maximum absolute atomic E-state index is 12.3. The highest BCUT2D eigenvalue weighted by Gasteiger charge is 2.37. The fourth-order valence-corrected chi connectivity index (χ4v) is 2.33. The van der Waals surface area contributed by atoms with E-state index < -0.39 is 22.8 Å². The Hall–Kier alpha value is -2.51. The highest BCUT2D eigenvalue weighted by Crippen LogP contribution is 2.32. The van der Waals surface area contributed by atoms with E-state index in [1.807, 2.05) is 0 Å². The van der Waals surface area contributed by atoms with Crippen LogP contribution in [-0.2, 0) is 20.1 Å². The standard InChI is InChI=1S/C14H11NO5S/c1-3-6-10-12-9(4-2)7-5-8-11(12)14(17)15(13(10)16)20-21(18)19/h3-8,21H,1-2H2/b10-6+. The molecule has 0 atom stereocenters. The summed E-state index contributed by atoms with van der Waals surface area (Å²) in [6.45, 7) is 7.14. The zero-order valence-corrected chi connectivity index (χ0v) is 11.7. The van der Waals surface area contributed by atoms with Crippen LogP contribution < -0.4 is 0 Å². The number of rotatable bonds is 4. The quantitative estimate of drug-likeness (QED) is 0.516. The van der Waals surface area contributed by atoms with Gasteiger partial charge < -0.3 is 0 Å². The van der Waals surface area contributed by atoms with Crippen molar-refractivity contribution in [3.63, 3.8) is 0 Å². The Morgan fingerprint density at radius 2 is 1.86 bits per heavy atom. The second-order valence-corrected chi connectivity index (χ2v) is 4.61. The molecule has 2 amide bonds. The molecule has 1 aromatic rings. The number of hydrogen-bond acceptors (Lipinski definition) is 5. The molecule has 0 aliphatic carbocycles. The van der Waals surface area contributed by atoms with Gasteiger partial charge in [0.1, 0.15) is 0 Å². The average Bonchev–Trinajstić information content (AvgIpc) is 2.47. The number of amides is 2. The second-order valence-electron chi connectivity index (χ2n) is 4.00. The van der Waals surface area contributed by atoms with Gasteiger partial charge in [-0.2, -0.15) is 0 Å². The van der Waals surface area contributed by atoms with Crippen molar-refractivity contribution in [1.82, 2.24) is 5.06 Å². The first kappa shape index (κ1) is 14.9. The normalized spacial score (nSPS) is 16.2. The summed E-state index contributed by atoms with van der Waals surface area (Å²) in [5.74, 6) is -1.72. The molecule has 0 radical (unpaired) electrons. The van der Waals surface area contributed by atoms with Crippen LogP contribution in [0, 0.1) is 0 Å². The number of allylic oxidation sites excluding steroid dienone is 2. The number of carbonyl (C=O) groups is 2. The highest BCUT2D eigenvalue weighted by atomic mass is 32.2. The summed E-state index contributed by atoms with van der Waals surface area (Å²) >= 11 is 0. The molecule has 1 aliphatic rings. The van der Waals surface area contributed by atoms with Crippen LogP contribution in [-0.4, -0.2) is 25.3 Å². The predicted molar refractivity (Wildman–Crippen MR) is 77.3 cm³/mol. The third-order valence-corrected chi connectivity index (χ3v) is 3.15. The lowest BCUT2D eigenvalue weighted by molar-refractivity contribution is -0.140. The third kappa shape index (κ3) is 2.56. The number of hydroxylamine groups is 2. The minimum atomic E-state index is -3.39. The number of thiol groups is 1. The lowest BCUT2D eigenvalue weighted by Crippen LogP contribution is -2.41. The van der Waals surface area contributed by atoms with Crippen molar-refractivity contribution in [2.24, 2.45) is 0 Å². The van der Waals surface area contributed by atoms with Gasteiger partial charge in [0.05, 0.1) is 11.1 Å². The van der Waals surface area contributed by atoms with Crippen molar-refractivity contribution in [3.05, 3.63) is 60.2 Å². The largest absolute Gasteiger partial charge is 0.286 e. The molecule has 108 valence electrons. The predicted octanol–water partition coefficient (Wildman–Crippen LogP) is 1.34. The van der Waals surface area contributed by atoms with Crippen molar-refractivity contribution in [2.45, 2.75) is 0 Å². The fraction of sp³-hybridized carbons (Fsp3) is 0. The van der Waals surface area contributed by atoms with Crippen LogP contribution in [0.1, 0.15) is 21.5 Å². The molecule has 0 unspecified atom stereocenters. The number of carbonyl (C=O) groups excluding carboxylic acids is 2. The fourth-order valence-electron chi connectivity index (χ4n) is 2.05. The van der Waals surface area contributed by atoms with Gasteiger partial charge in [-0.25, -0.2) is 8.42 Å². The van der Waals surface area contributed by atoms with E-state index >= 15 is 0 Å². The van der Waals surface area contributed by atoms with Crippen molar-refractivity contribution in [2.75, 3.05) is 0 Å². The molecule has 0 fully saturated rings. The minimum Gasteiger partial charge on any atom is -0.266 e. The van der Waals surface area contributed by atoms with Crippen LogP contribution >= 0.6 is 0 Å². The number of fused-ring (bicyclic) bond motifs is 1. The smallest absolute Gasteiger partial charge is 0.266 e. The molecule has 0 bridgehead atoms. The van der Waals surface area contributed by atoms with Crippen molar-refractivity contribution >= 4 is 34.4 Å². The molecular formula is C14H11NO5S. The van der Waals surface area contributed by atoms with Crippen LogP contribution in [0.15, 0.2) is 43.5 Å². The Morgan fingerprint density at radius 1 is 1.14 bits per heavy atom. The summed E-state index contributed by atoms with van der Waals surface area (Å²) in [4.78, 5) is 24.5. The van der Waals surface area contributed by atoms with Gasteiger partial charge in [-0.05, 0) is 17.7 Å². The van der Waals surface area contributed by atoms with E-state index in [1.165, 1.54) is 24.3 Å². The summed E-state index contributed by atoms with van der Waals surface area (Å²) in [6.07, 6.45) is 4.25. The van der Waals surface area contributed by atoms with E-state index in [0.29, 0.717) is 11.1 Å². The Labute approximate surface area is 122 Å². The minimum absolute atomic E-state index is 0.104. The molecule has 0 spiro atoms. The van der Waals surface area contributed by atoms with Crippen LogP contribution in [0.5, 0.6) is 0 Å². The molecule has 21 heavy (non-hydrogen) atoms. The molecule has 1 aliphatic heterocycles. The molecule has 0 saturated carbocycles. The topological polar surface area (TPSA) is 80.8 Å². The second kappa shape index (κ2) is 5.86. The molecule has 1 aromatic carbocycles. The maximum Gasteiger partial charge on any atom is 0.286 e. The van der Waals surface area contributed by atoms with Crippen LogP contribution in [0.25, 0.3) is 11.6 Å². The van der Waals surface area contributed by atoms with E-state index in [4.69, 9.17) is 0 Å². The molecule has 1 heterocycles. The summed E-state index contributed by atoms with van der Waals surface area (Å²) < 4.78 is 25.7. The summed E-state index contributed by atoms with van der Waals surface area (Å²) in [7, 11) is -3.39. The average molecular weight is 305 g/mol. The lowest BCUT2D eigenvalue weighted by atomic mass is 9.90. The van der Waals surface area contributed by atoms with E-state index in [-0.39, 0.29) is 16.2 Å². The first-order valence-electron chi connectivity index (χ1n) is 5.81. The van der Waals surface area contributed by atoms with Gasteiger partial charge in [-0.3, -0.25) is 9.59 Å². The Bertz CT molecular complexity index is 753. The molecule has 0 N–H and O–H groups in total. The van der Waals surface area contributed by atoms with Crippen molar-refractivity contribution in [3.8, 4) is 0 Å². The van der Waals surface area contributed by atoms with Gasteiger partial charge >= 0.3 is 0 Å². The van der Waals surface area contributed by atoms with Crippen LogP contribution in [0.4, 0.5) is 0 Å². The van der Waals surface area contributed by atoms with Crippen LogP contribution in [0.3, 0.4) is 0 Å². The SMILES string of the molecule is C=C/C=C1/C(=O)N(O[SH](=O)=O)C(=O)c2cccc(C=C)c21. The van der Waals surface area contributed by atoms with Gasteiger partial charge in [0.25, 0.3) is 22.8 Å². The van der Waals surface area contributed by atoms with Gasteiger partial charge in [-0.15, -0.1) is 9.35 Å². The zero-order chi connectivity index (χ0) is 15.6. The van der Waals surface area contributed by atoms with Crippen LogP contribution in [0.2, 0.25) is 0 Å². The molecule has 2 rings (SSSR count). The molecule has 6 nitrogen and oxygen atoms in total. The zero-order valence-electron chi connectivity index (χ0n) is 10.8. The summed E-state index contributed by atoms with van der Waals surface area (Å²) in [5.41, 5.74) is 1.21. The van der Waals surface area contributed by atoms with Gasteiger partial charge in [0, 0.05) is 5.56 Å². The first-order valence-corrected chi connectivity index (χ1v) is 6.90. The maximum atomic E-state index is 12.3. The lowest BCUT2D eigenvalue weighted by Gasteiger charge is -2.26. The molecular weight excluding hydrogens is 294 g/mol. The third-order valence-electron chi connectivity index (χ3n) is 2.85. The Balaban J connectivity index is 2.74. The van der Waals surface area contributed by atoms with Crippen molar-refractivity contribution < 1.29 is 22.3 Å². The number of nitrogens with zero attached hydrogens (tertiary/aromatic N) is 1. The monoisotopic (exact) mass is 305 g/mol. The van der Waals surface area contributed by atoms with Gasteiger partial charge in [0.15, 0.2) is 0 Å². The van der Waals surface area contributed by atoms with E-state index in [2.05, 4.69) is 17.4 Å².